The topological polar surface area (TPSA) is 35.2 Å². The smallest absolute Gasteiger partial charge is 0.139 e. The lowest BCUT2D eigenvalue weighted by Crippen LogP contribution is -2.31. The van der Waals surface area contributed by atoms with Gasteiger partial charge in [-0.1, -0.05) is 42.3 Å². The van der Waals surface area contributed by atoms with E-state index in [1.807, 2.05) is 19.1 Å². The molecule has 0 aliphatic heterocycles. The predicted molar refractivity (Wildman–Crippen MR) is 84.5 cm³/mol. The number of rotatable bonds is 5. The lowest BCUT2D eigenvalue weighted by Gasteiger charge is -2.25. The minimum atomic E-state index is -0.411. The summed E-state index contributed by atoms with van der Waals surface area (Å²) in [6.45, 7) is 1.97. The standard InChI is InChI=1S/C16H16Cl2FNO/c1-2-14(20)16(10-4-3-5-11(17)8-10)21-15-7-6-12(19)9-13(15)18/h3-9,14,16H,2,20H2,1H3. The van der Waals surface area contributed by atoms with Crippen molar-refractivity contribution in [3.05, 3.63) is 63.9 Å². The van der Waals surface area contributed by atoms with Gasteiger partial charge in [-0.05, 0) is 42.3 Å². The Balaban J connectivity index is 2.33. The Hall–Kier alpha value is -1.29. The van der Waals surface area contributed by atoms with E-state index in [1.165, 1.54) is 18.2 Å². The minimum absolute atomic E-state index is 0.213. The van der Waals surface area contributed by atoms with Crippen LogP contribution in [0.1, 0.15) is 25.0 Å². The van der Waals surface area contributed by atoms with Gasteiger partial charge < -0.3 is 10.5 Å². The third-order valence-electron chi connectivity index (χ3n) is 3.19. The lowest BCUT2D eigenvalue weighted by molar-refractivity contribution is 0.171. The highest BCUT2D eigenvalue weighted by Gasteiger charge is 2.22. The normalized spacial score (nSPS) is 13.8. The zero-order chi connectivity index (χ0) is 15.4. The summed E-state index contributed by atoms with van der Waals surface area (Å²) >= 11 is 12.0. The molecule has 2 rings (SSSR count). The Kier molecular flexibility index (Phi) is 5.45. The van der Waals surface area contributed by atoms with Crippen molar-refractivity contribution in [3.63, 3.8) is 0 Å². The number of nitrogens with two attached hydrogens (primary N) is 1. The van der Waals surface area contributed by atoms with Gasteiger partial charge >= 0.3 is 0 Å². The van der Waals surface area contributed by atoms with E-state index in [-0.39, 0.29) is 11.1 Å². The van der Waals surface area contributed by atoms with Gasteiger partial charge in [0.1, 0.15) is 17.7 Å². The van der Waals surface area contributed by atoms with Crippen LogP contribution in [0.25, 0.3) is 0 Å². The largest absolute Gasteiger partial charge is 0.483 e. The van der Waals surface area contributed by atoms with Crippen LogP contribution in [0.4, 0.5) is 4.39 Å². The van der Waals surface area contributed by atoms with Crippen molar-refractivity contribution in [2.24, 2.45) is 5.73 Å². The van der Waals surface area contributed by atoms with Gasteiger partial charge in [0.05, 0.1) is 5.02 Å². The van der Waals surface area contributed by atoms with E-state index in [2.05, 4.69) is 0 Å². The van der Waals surface area contributed by atoms with E-state index in [4.69, 9.17) is 33.7 Å². The van der Waals surface area contributed by atoms with Crippen LogP contribution in [0.15, 0.2) is 42.5 Å². The van der Waals surface area contributed by atoms with E-state index in [0.717, 1.165) is 12.0 Å². The van der Waals surface area contributed by atoms with E-state index in [0.29, 0.717) is 10.8 Å². The summed E-state index contributed by atoms with van der Waals surface area (Å²) in [6, 6.07) is 11.1. The van der Waals surface area contributed by atoms with Crippen LogP contribution in [0.2, 0.25) is 10.0 Å². The zero-order valence-electron chi connectivity index (χ0n) is 11.5. The molecule has 2 aromatic rings. The summed E-state index contributed by atoms with van der Waals surface area (Å²) < 4.78 is 19.0. The average Bonchev–Trinajstić information content (AvgIpc) is 2.45. The molecule has 0 fully saturated rings. The highest BCUT2D eigenvalue weighted by atomic mass is 35.5. The molecule has 0 heterocycles. The first-order chi connectivity index (χ1) is 10.0. The Morgan fingerprint density at radius 3 is 2.57 bits per heavy atom. The van der Waals surface area contributed by atoms with Crippen LogP contribution >= 0.6 is 23.2 Å². The first kappa shape index (κ1) is 16.1. The van der Waals surface area contributed by atoms with E-state index in [1.54, 1.807) is 12.1 Å². The molecule has 0 bridgehead atoms. The highest BCUT2D eigenvalue weighted by Crippen LogP contribution is 2.32. The van der Waals surface area contributed by atoms with Crippen LogP contribution in [0.5, 0.6) is 5.75 Å². The van der Waals surface area contributed by atoms with Crippen molar-refractivity contribution in [3.8, 4) is 5.75 Å². The van der Waals surface area contributed by atoms with Gasteiger partial charge in [-0.2, -0.15) is 0 Å². The number of halogens is 3. The van der Waals surface area contributed by atoms with Gasteiger partial charge in [-0.3, -0.25) is 0 Å². The Labute approximate surface area is 133 Å². The summed E-state index contributed by atoms with van der Waals surface area (Å²) in [4.78, 5) is 0. The van der Waals surface area contributed by atoms with Gasteiger partial charge in [0.15, 0.2) is 0 Å². The van der Waals surface area contributed by atoms with Crippen molar-refractivity contribution in [1.29, 1.82) is 0 Å². The summed E-state index contributed by atoms with van der Waals surface area (Å²) in [7, 11) is 0. The molecule has 21 heavy (non-hydrogen) atoms. The first-order valence-electron chi connectivity index (χ1n) is 6.64. The maximum absolute atomic E-state index is 13.1. The lowest BCUT2D eigenvalue weighted by atomic mass is 10.0. The first-order valence-corrected chi connectivity index (χ1v) is 7.39. The average molecular weight is 328 g/mol. The zero-order valence-corrected chi connectivity index (χ0v) is 13.0. The third kappa shape index (κ3) is 4.10. The molecule has 112 valence electrons. The van der Waals surface area contributed by atoms with E-state index in [9.17, 15) is 4.39 Å². The Morgan fingerprint density at radius 2 is 1.95 bits per heavy atom. The molecule has 0 spiro atoms. The molecule has 0 radical (unpaired) electrons. The molecular formula is C16H16Cl2FNO. The second kappa shape index (κ2) is 7.12. The fraction of sp³-hybridized carbons (Fsp3) is 0.250. The van der Waals surface area contributed by atoms with Crippen molar-refractivity contribution in [1.82, 2.24) is 0 Å². The predicted octanol–water partition coefficient (Wildman–Crippen LogP) is 4.99. The quantitative estimate of drug-likeness (QED) is 0.839. The maximum Gasteiger partial charge on any atom is 0.139 e. The van der Waals surface area contributed by atoms with Gasteiger partial charge in [0, 0.05) is 11.1 Å². The molecule has 0 amide bonds. The molecule has 2 N–H and O–H groups in total. The van der Waals surface area contributed by atoms with Gasteiger partial charge in [-0.15, -0.1) is 0 Å². The Morgan fingerprint density at radius 1 is 1.19 bits per heavy atom. The van der Waals surface area contributed by atoms with Crippen LogP contribution in [-0.4, -0.2) is 6.04 Å². The molecule has 2 unspecified atom stereocenters. The molecule has 0 saturated heterocycles. The van der Waals surface area contributed by atoms with Gasteiger partial charge in [0.2, 0.25) is 0 Å². The number of hydrogen-bond donors (Lipinski definition) is 1. The molecule has 2 atom stereocenters. The third-order valence-corrected chi connectivity index (χ3v) is 3.72. The van der Waals surface area contributed by atoms with Crippen LogP contribution in [0.3, 0.4) is 0 Å². The van der Waals surface area contributed by atoms with E-state index >= 15 is 0 Å². The van der Waals surface area contributed by atoms with Crippen molar-refractivity contribution in [2.45, 2.75) is 25.5 Å². The number of ether oxygens (including phenoxy) is 1. The molecule has 2 aromatic carbocycles. The fourth-order valence-electron chi connectivity index (χ4n) is 2.01. The van der Waals surface area contributed by atoms with Crippen LogP contribution in [0, 0.1) is 5.82 Å². The molecule has 0 aliphatic carbocycles. The monoisotopic (exact) mass is 327 g/mol. The van der Waals surface area contributed by atoms with Crippen LogP contribution in [-0.2, 0) is 0 Å². The summed E-state index contributed by atoms with van der Waals surface area (Å²) in [5, 5.41) is 0.819. The summed E-state index contributed by atoms with van der Waals surface area (Å²) in [6.07, 6.45) is 0.312. The summed E-state index contributed by atoms with van der Waals surface area (Å²) in [5.41, 5.74) is 7.00. The van der Waals surface area contributed by atoms with Gasteiger partial charge in [0.25, 0.3) is 0 Å². The molecule has 2 nitrogen and oxygen atoms in total. The van der Waals surface area contributed by atoms with Gasteiger partial charge in [-0.25, -0.2) is 4.39 Å². The summed E-state index contributed by atoms with van der Waals surface area (Å²) in [5.74, 6) is -0.0154. The molecule has 5 heteroatoms. The van der Waals surface area contributed by atoms with Crippen LogP contribution < -0.4 is 10.5 Å². The fourth-order valence-corrected chi connectivity index (χ4v) is 2.42. The number of benzene rings is 2. The van der Waals surface area contributed by atoms with E-state index < -0.39 is 11.9 Å². The van der Waals surface area contributed by atoms with Crippen molar-refractivity contribution >= 4 is 23.2 Å². The minimum Gasteiger partial charge on any atom is -0.483 e. The molecular weight excluding hydrogens is 312 g/mol. The Bertz CT molecular complexity index is 621. The van der Waals surface area contributed by atoms with Crippen molar-refractivity contribution < 1.29 is 9.13 Å². The molecule has 0 aliphatic rings. The maximum atomic E-state index is 13.1. The molecule has 0 saturated carbocycles. The highest BCUT2D eigenvalue weighted by molar-refractivity contribution is 6.32. The second-order valence-electron chi connectivity index (χ2n) is 4.74. The number of hydrogen-bond acceptors (Lipinski definition) is 2. The SMILES string of the molecule is CCC(N)C(Oc1ccc(F)cc1Cl)c1cccc(Cl)c1. The second-order valence-corrected chi connectivity index (χ2v) is 5.58. The van der Waals surface area contributed by atoms with Crippen molar-refractivity contribution in [2.75, 3.05) is 0 Å². The molecule has 0 aromatic heterocycles.